The van der Waals surface area contributed by atoms with Crippen molar-refractivity contribution in [2.24, 2.45) is 5.73 Å². The van der Waals surface area contributed by atoms with Gasteiger partial charge in [-0.15, -0.1) is 11.3 Å². The molecule has 0 aliphatic carbocycles. The number of nitrogens with zero attached hydrogens (tertiary/aromatic N) is 2. The average Bonchev–Trinajstić information content (AvgIpc) is 2.85. The van der Waals surface area contributed by atoms with Crippen LogP contribution in [0.1, 0.15) is 16.3 Å². The molecule has 2 N–H and O–H groups in total. The third-order valence-electron chi connectivity index (χ3n) is 2.90. The number of thiazole rings is 1. The van der Waals surface area contributed by atoms with E-state index in [-0.39, 0.29) is 0 Å². The smallest absolute Gasteiger partial charge is 0.106 e. The Balaban J connectivity index is 1.93. The Bertz CT molecular complexity index is 488. The van der Waals surface area contributed by atoms with E-state index in [0.29, 0.717) is 6.54 Å². The van der Waals surface area contributed by atoms with Crippen LogP contribution in [0.25, 0.3) is 0 Å². The molecule has 0 saturated carbocycles. The van der Waals surface area contributed by atoms with Crippen LogP contribution in [0.3, 0.4) is 0 Å². The molecule has 3 nitrogen and oxygen atoms in total. The van der Waals surface area contributed by atoms with E-state index in [0.717, 1.165) is 23.5 Å². The molecule has 0 aliphatic heterocycles. The van der Waals surface area contributed by atoms with Crippen LogP contribution < -0.4 is 10.6 Å². The maximum Gasteiger partial charge on any atom is 0.106 e. The first-order valence-electron chi connectivity index (χ1n) is 6.08. The van der Waals surface area contributed by atoms with E-state index in [4.69, 9.17) is 5.73 Å². The molecule has 18 heavy (non-hydrogen) atoms. The molecule has 1 heterocycles. The first-order chi connectivity index (χ1) is 8.69. The van der Waals surface area contributed by atoms with Gasteiger partial charge in [-0.05, 0) is 30.5 Å². The standard InChI is InChI=1S/C14H19N3S/c1-17(2)13-7-4-11(5-8-13)3-6-12-10-18-14(9-15)16-12/h4-5,7-8,10H,3,6,9,15H2,1-2H3. The number of rotatable bonds is 5. The number of aromatic nitrogens is 1. The van der Waals surface area contributed by atoms with Gasteiger partial charge in [-0.25, -0.2) is 4.98 Å². The van der Waals surface area contributed by atoms with Gasteiger partial charge < -0.3 is 10.6 Å². The van der Waals surface area contributed by atoms with Crippen molar-refractivity contribution in [3.05, 3.63) is 45.9 Å². The molecular weight excluding hydrogens is 242 g/mol. The van der Waals surface area contributed by atoms with Crippen molar-refractivity contribution in [3.8, 4) is 0 Å². The van der Waals surface area contributed by atoms with Gasteiger partial charge in [0.25, 0.3) is 0 Å². The number of hydrogen-bond donors (Lipinski definition) is 1. The summed E-state index contributed by atoms with van der Waals surface area (Å²) in [7, 11) is 4.11. The summed E-state index contributed by atoms with van der Waals surface area (Å²) < 4.78 is 0. The van der Waals surface area contributed by atoms with Crippen molar-refractivity contribution in [1.29, 1.82) is 0 Å². The molecule has 1 aromatic heterocycles. The monoisotopic (exact) mass is 261 g/mol. The van der Waals surface area contributed by atoms with Crippen molar-refractivity contribution in [2.45, 2.75) is 19.4 Å². The van der Waals surface area contributed by atoms with Gasteiger partial charge in [-0.2, -0.15) is 0 Å². The van der Waals surface area contributed by atoms with Crippen LogP contribution in [0, 0.1) is 0 Å². The predicted molar refractivity (Wildman–Crippen MR) is 78.2 cm³/mol. The largest absolute Gasteiger partial charge is 0.378 e. The lowest BCUT2D eigenvalue weighted by Gasteiger charge is -2.12. The van der Waals surface area contributed by atoms with E-state index in [9.17, 15) is 0 Å². The summed E-state index contributed by atoms with van der Waals surface area (Å²) in [6.45, 7) is 0.544. The minimum absolute atomic E-state index is 0.544. The van der Waals surface area contributed by atoms with Gasteiger partial charge in [-0.1, -0.05) is 12.1 Å². The summed E-state index contributed by atoms with van der Waals surface area (Å²) in [4.78, 5) is 6.58. The van der Waals surface area contributed by atoms with E-state index in [2.05, 4.69) is 53.6 Å². The van der Waals surface area contributed by atoms with Gasteiger partial charge in [0.1, 0.15) is 5.01 Å². The molecule has 0 radical (unpaired) electrons. The number of anilines is 1. The first kappa shape index (κ1) is 13.1. The molecule has 0 spiro atoms. The fraction of sp³-hybridized carbons (Fsp3) is 0.357. The van der Waals surface area contributed by atoms with Crippen LogP contribution in [0.5, 0.6) is 0 Å². The second kappa shape index (κ2) is 5.98. The van der Waals surface area contributed by atoms with Gasteiger partial charge in [0.05, 0.1) is 5.69 Å². The first-order valence-corrected chi connectivity index (χ1v) is 6.96. The lowest BCUT2D eigenvalue weighted by molar-refractivity contribution is 0.904. The highest BCUT2D eigenvalue weighted by Crippen LogP contribution is 2.15. The van der Waals surface area contributed by atoms with Gasteiger partial charge in [0.2, 0.25) is 0 Å². The summed E-state index contributed by atoms with van der Waals surface area (Å²) in [6, 6.07) is 8.68. The Morgan fingerprint density at radius 2 is 1.89 bits per heavy atom. The highest BCUT2D eigenvalue weighted by molar-refractivity contribution is 7.09. The minimum atomic E-state index is 0.544. The van der Waals surface area contributed by atoms with Crippen molar-refractivity contribution in [2.75, 3.05) is 19.0 Å². The van der Waals surface area contributed by atoms with Crippen LogP contribution in [0.15, 0.2) is 29.6 Å². The Morgan fingerprint density at radius 3 is 2.44 bits per heavy atom. The van der Waals surface area contributed by atoms with Gasteiger partial charge in [-0.3, -0.25) is 0 Å². The summed E-state index contributed by atoms with van der Waals surface area (Å²) in [5.74, 6) is 0. The fourth-order valence-electron chi connectivity index (χ4n) is 1.79. The molecule has 0 aliphatic rings. The molecule has 0 amide bonds. The third-order valence-corrected chi connectivity index (χ3v) is 3.82. The second-order valence-electron chi connectivity index (χ2n) is 4.50. The second-order valence-corrected chi connectivity index (χ2v) is 5.44. The van der Waals surface area contributed by atoms with Crippen molar-refractivity contribution >= 4 is 17.0 Å². The molecule has 2 aromatic rings. The van der Waals surface area contributed by atoms with E-state index in [1.165, 1.54) is 11.3 Å². The maximum absolute atomic E-state index is 5.56. The Hall–Kier alpha value is -1.39. The molecule has 2 rings (SSSR count). The Labute approximate surface area is 112 Å². The minimum Gasteiger partial charge on any atom is -0.378 e. The summed E-state index contributed by atoms with van der Waals surface area (Å²) in [5, 5.41) is 3.13. The maximum atomic E-state index is 5.56. The Morgan fingerprint density at radius 1 is 1.17 bits per heavy atom. The molecule has 0 saturated heterocycles. The Kier molecular flexibility index (Phi) is 4.33. The summed E-state index contributed by atoms with van der Waals surface area (Å²) >= 11 is 1.65. The lowest BCUT2D eigenvalue weighted by atomic mass is 10.1. The molecule has 1 aromatic carbocycles. The zero-order chi connectivity index (χ0) is 13.0. The van der Waals surface area contributed by atoms with Gasteiger partial charge in [0, 0.05) is 31.7 Å². The number of hydrogen-bond acceptors (Lipinski definition) is 4. The van der Waals surface area contributed by atoms with Gasteiger partial charge in [0.15, 0.2) is 0 Å². The molecular formula is C14H19N3S. The lowest BCUT2D eigenvalue weighted by Crippen LogP contribution is -2.08. The quantitative estimate of drug-likeness (QED) is 0.899. The van der Waals surface area contributed by atoms with Crippen LogP contribution in [-0.2, 0) is 19.4 Å². The molecule has 0 atom stereocenters. The zero-order valence-corrected chi connectivity index (χ0v) is 11.7. The van der Waals surface area contributed by atoms with Crippen molar-refractivity contribution in [3.63, 3.8) is 0 Å². The highest BCUT2D eigenvalue weighted by atomic mass is 32.1. The average molecular weight is 261 g/mol. The van der Waals surface area contributed by atoms with Crippen LogP contribution in [-0.4, -0.2) is 19.1 Å². The van der Waals surface area contributed by atoms with Crippen LogP contribution in [0.2, 0.25) is 0 Å². The normalized spacial score (nSPS) is 10.6. The molecule has 0 fully saturated rings. The van der Waals surface area contributed by atoms with Crippen LogP contribution >= 0.6 is 11.3 Å². The molecule has 0 bridgehead atoms. The third kappa shape index (κ3) is 3.31. The summed E-state index contributed by atoms with van der Waals surface area (Å²) in [6.07, 6.45) is 2.01. The van der Waals surface area contributed by atoms with Crippen molar-refractivity contribution < 1.29 is 0 Å². The number of nitrogens with two attached hydrogens (primary N) is 1. The predicted octanol–water partition coefficient (Wildman–Crippen LogP) is 2.45. The molecule has 0 unspecified atom stereocenters. The SMILES string of the molecule is CN(C)c1ccc(CCc2csc(CN)n2)cc1. The fourth-order valence-corrected chi connectivity index (χ4v) is 2.50. The van der Waals surface area contributed by atoms with Crippen LogP contribution in [0.4, 0.5) is 5.69 Å². The highest BCUT2D eigenvalue weighted by Gasteiger charge is 2.02. The topological polar surface area (TPSA) is 42.1 Å². The van der Waals surface area contributed by atoms with Crippen molar-refractivity contribution in [1.82, 2.24) is 4.98 Å². The molecule has 4 heteroatoms. The number of benzene rings is 1. The van der Waals surface area contributed by atoms with E-state index < -0.39 is 0 Å². The van der Waals surface area contributed by atoms with E-state index in [1.807, 2.05) is 0 Å². The number of aryl methyl sites for hydroxylation is 2. The summed E-state index contributed by atoms with van der Waals surface area (Å²) in [5.41, 5.74) is 9.29. The van der Waals surface area contributed by atoms with E-state index in [1.54, 1.807) is 11.3 Å². The van der Waals surface area contributed by atoms with Gasteiger partial charge >= 0.3 is 0 Å². The van der Waals surface area contributed by atoms with E-state index >= 15 is 0 Å². The molecule has 96 valence electrons. The zero-order valence-electron chi connectivity index (χ0n) is 10.9.